The lowest BCUT2D eigenvalue weighted by molar-refractivity contribution is -0.111. The Labute approximate surface area is 143 Å². The molecule has 0 aromatic heterocycles. The maximum Gasteiger partial charge on any atom is 0.204 e. The van der Waals surface area contributed by atoms with Crippen molar-refractivity contribution in [2.45, 2.75) is 20.8 Å². The number of methoxy groups -OCH3 is 1. The third-order valence-corrected chi connectivity index (χ3v) is 3.80. The molecule has 0 N–H and O–H groups in total. The van der Waals surface area contributed by atoms with Gasteiger partial charge in [0, 0.05) is 18.8 Å². The number of carbonyl (C=O) groups excluding carboxylic acids is 1. The zero-order valence-corrected chi connectivity index (χ0v) is 14.6. The highest BCUT2D eigenvalue weighted by atomic mass is 16.5. The van der Waals surface area contributed by atoms with Crippen molar-refractivity contribution in [3.63, 3.8) is 0 Å². The molecule has 1 aliphatic carbocycles. The quantitative estimate of drug-likeness (QED) is 0.456. The summed E-state index contributed by atoms with van der Waals surface area (Å²) in [6.45, 7) is 8.27. The van der Waals surface area contributed by atoms with Gasteiger partial charge >= 0.3 is 0 Å². The molecule has 5 heteroatoms. The van der Waals surface area contributed by atoms with E-state index >= 15 is 0 Å². The molecular formula is C19H23N3O2. The predicted octanol–water partition coefficient (Wildman–Crippen LogP) is 3.61. The van der Waals surface area contributed by atoms with Gasteiger partial charge in [-0.25, -0.2) is 9.98 Å². The van der Waals surface area contributed by atoms with E-state index in [1.807, 2.05) is 13.0 Å². The minimum absolute atomic E-state index is 0.157. The minimum Gasteiger partial charge on any atom is -0.486 e. The number of aryl methyl sites for hydroxylation is 1. The molecule has 0 atom stereocenters. The molecule has 0 radical (unpaired) electrons. The molecule has 1 aliphatic rings. The fourth-order valence-corrected chi connectivity index (χ4v) is 2.48. The van der Waals surface area contributed by atoms with Crippen molar-refractivity contribution in [3.05, 3.63) is 47.7 Å². The van der Waals surface area contributed by atoms with Crippen LogP contribution >= 0.6 is 0 Å². The highest BCUT2D eigenvalue weighted by Gasteiger charge is 2.12. The van der Waals surface area contributed by atoms with Crippen LogP contribution in [0.4, 0.5) is 11.4 Å². The third-order valence-electron chi connectivity index (χ3n) is 3.80. The van der Waals surface area contributed by atoms with Crippen molar-refractivity contribution < 1.29 is 9.53 Å². The van der Waals surface area contributed by atoms with Gasteiger partial charge in [0.05, 0.1) is 18.5 Å². The summed E-state index contributed by atoms with van der Waals surface area (Å²) >= 11 is 0. The van der Waals surface area contributed by atoms with Gasteiger partial charge in [0.1, 0.15) is 5.70 Å². The van der Waals surface area contributed by atoms with Gasteiger partial charge in [-0.1, -0.05) is 0 Å². The van der Waals surface area contributed by atoms with E-state index < -0.39 is 0 Å². The molecule has 24 heavy (non-hydrogen) atoms. The fraction of sp³-hybridized carbons (Fsp3) is 0.316. The number of anilines is 1. The Kier molecular flexibility index (Phi) is 6.07. The summed E-state index contributed by atoms with van der Waals surface area (Å²) < 4.78 is 4.77. The Balaban J connectivity index is 2.30. The molecule has 5 nitrogen and oxygen atoms in total. The summed E-state index contributed by atoms with van der Waals surface area (Å²) in [6.07, 6.45) is 6.08. The zero-order valence-electron chi connectivity index (χ0n) is 14.6. The Morgan fingerprint density at radius 2 is 1.96 bits per heavy atom. The average molecular weight is 325 g/mol. The van der Waals surface area contributed by atoms with E-state index in [1.54, 1.807) is 12.2 Å². The van der Waals surface area contributed by atoms with Gasteiger partial charge in [-0.2, -0.15) is 0 Å². The lowest BCUT2D eigenvalue weighted by Gasteiger charge is -2.21. The van der Waals surface area contributed by atoms with Crippen LogP contribution in [-0.4, -0.2) is 38.1 Å². The number of aliphatic imine (C=N–C) groups is 2. The van der Waals surface area contributed by atoms with Crippen LogP contribution in [0.5, 0.6) is 0 Å². The van der Waals surface area contributed by atoms with Crippen molar-refractivity contribution in [1.82, 2.24) is 0 Å². The number of hydrogen-bond donors (Lipinski definition) is 0. The first kappa shape index (κ1) is 17.7. The average Bonchev–Trinajstić information content (AvgIpc) is 2.58. The maximum atomic E-state index is 11.8. The Morgan fingerprint density at radius 1 is 1.21 bits per heavy atom. The Bertz CT molecular complexity index is 726. The summed E-state index contributed by atoms with van der Waals surface area (Å²) in [5.74, 6) is -0.157. The first-order chi connectivity index (χ1) is 11.6. The number of ketones is 1. The number of rotatable bonds is 6. The molecular weight excluding hydrogens is 302 g/mol. The van der Waals surface area contributed by atoms with Crippen LogP contribution in [0, 0.1) is 6.92 Å². The van der Waals surface area contributed by atoms with Gasteiger partial charge in [-0.3, -0.25) is 4.79 Å². The molecule has 0 amide bonds. The second-order valence-corrected chi connectivity index (χ2v) is 5.38. The second-order valence-electron chi connectivity index (χ2n) is 5.38. The van der Waals surface area contributed by atoms with Crippen molar-refractivity contribution in [2.24, 2.45) is 9.98 Å². The van der Waals surface area contributed by atoms with E-state index in [1.165, 1.54) is 25.3 Å². The third kappa shape index (κ3) is 4.19. The Hall–Kier alpha value is -2.69. The molecule has 0 bridgehead atoms. The lowest BCUT2D eigenvalue weighted by atomic mass is 10.1. The van der Waals surface area contributed by atoms with E-state index in [-0.39, 0.29) is 5.78 Å². The number of allylic oxidation sites excluding steroid dienone is 3. The second kappa shape index (κ2) is 8.24. The highest BCUT2D eigenvalue weighted by molar-refractivity contribution is 6.19. The molecule has 0 saturated heterocycles. The minimum atomic E-state index is -0.157. The number of nitrogens with zero attached hydrogens (tertiary/aromatic N) is 3. The fourth-order valence-electron chi connectivity index (χ4n) is 2.48. The van der Waals surface area contributed by atoms with Crippen molar-refractivity contribution in [2.75, 3.05) is 25.1 Å². The summed E-state index contributed by atoms with van der Waals surface area (Å²) in [6, 6.07) is 6.22. The molecule has 0 spiro atoms. The maximum absolute atomic E-state index is 11.8. The van der Waals surface area contributed by atoms with Gasteiger partial charge < -0.3 is 9.64 Å². The van der Waals surface area contributed by atoms with Gasteiger partial charge in [0.25, 0.3) is 0 Å². The topological polar surface area (TPSA) is 54.3 Å². The molecule has 2 rings (SSSR count). The van der Waals surface area contributed by atoms with Crippen LogP contribution in [0.1, 0.15) is 19.4 Å². The summed E-state index contributed by atoms with van der Waals surface area (Å²) in [4.78, 5) is 22.7. The van der Waals surface area contributed by atoms with E-state index in [2.05, 4.69) is 40.9 Å². The number of carbonyl (C=O) groups is 1. The number of hydrogen-bond acceptors (Lipinski definition) is 5. The van der Waals surface area contributed by atoms with Crippen LogP contribution in [-0.2, 0) is 9.53 Å². The molecule has 0 saturated carbocycles. The van der Waals surface area contributed by atoms with E-state index in [4.69, 9.17) is 4.74 Å². The van der Waals surface area contributed by atoms with Crippen LogP contribution in [0.15, 0.2) is 52.1 Å². The molecule has 126 valence electrons. The van der Waals surface area contributed by atoms with E-state index in [0.717, 1.165) is 24.3 Å². The van der Waals surface area contributed by atoms with Crippen molar-refractivity contribution >= 4 is 29.3 Å². The standard InChI is InChI=1S/C19H23N3O2/c1-5-22(6-2)16-8-9-17(14(3)11-16)21-15-7-10-19(23)18(12-15)20-13-24-4/h7-13H,5-6H2,1-4H3. The van der Waals surface area contributed by atoms with E-state index in [9.17, 15) is 4.79 Å². The highest BCUT2D eigenvalue weighted by Crippen LogP contribution is 2.25. The van der Waals surface area contributed by atoms with Gasteiger partial charge in [0.2, 0.25) is 5.78 Å². The number of benzene rings is 1. The van der Waals surface area contributed by atoms with Crippen LogP contribution in [0.25, 0.3) is 0 Å². The largest absolute Gasteiger partial charge is 0.486 e. The summed E-state index contributed by atoms with van der Waals surface area (Å²) in [5, 5.41) is 0. The molecule has 0 heterocycles. The van der Waals surface area contributed by atoms with Crippen molar-refractivity contribution in [1.29, 1.82) is 0 Å². The van der Waals surface area contributed by atoms with Crippen molar-refractivity contribution in [3.8, 4) is 0 Å². The monoisotopic (exact) mass is 325 g/mol. The van der Waals surface area contributed by atoms with Crippen LogP contribution in [0.3, 0.4) is 0 Å². The van der Waals surface area contributed by atoms with Crippen LogP contribution < -0.4 is 4.90 Å². The van der Waals surface area contributed by atoms with Crippen LogP contribution in [0.2, 0.25) is 0 Å². The zero-order chi connectivity index (χ0) is 17.5. The number of ether oxygens (including phenoxy) is 1. The van der Waals surface area contributed by atoms with E-state index in [0.29, 0.717) is 11.4 Å². The predicted molar refractivity (Wildman–Crippen MR) is 99.6 cm³/mol. The molecule has 0 aliphatic heterocycles. The van der Waals surface area contributed by atoms with Gasteiger partial charge in [-0.05, 0) is 62.8 Å². The molecule has 1 aromatic rings. The first-order valence-corrected chi connectivity index (χ1v) is 8.02. The SMILES string of the molecule is CCN(CC)c1ccc(N=C2C=CC(=O)C(N=COC)=C2)c(C)c1. The molecule has 1 aromatic carbocycles. The lowest BCUT2D eigenvalue weighted by Crippen LogP contribution is -2.21. The first-order valence-electron chi connectivity index (χ1n) is 8.02. The smallest absolute Gasteiger partial charge is 0.204 e. The normalized spacial score (nSPS) is 15.9. The van der Waals surface area contributed by atoms with Gasteiger partial charge in [0.15, 0.2) is 6.40 Å². The molecule has 0 fully saturated rings. The molecule has 0 unspecified atom stereocenters. The summed E-state index contributed by atoms with van der Waals surface area (Å²) in [5.41, 5.74) is 4.17. The Morgan fingerprint density at radius 3 is 2.58 bits per heavy atom. The summed E-state index contributed by atoms with van der Waals surface area (Å²) in [7, 11) is 1.49. The van der Waals surface area contributed by atoms with Gasteiger partial charge in [-0.15, -0.1) is 0 Å².